The number of ether oxygens (including phenoxy) is 1. The highest BCUT2D eigenvalue weighted by Crippen LogP contribution is 2.41. The quantitative estimate of drug-likeness (QED) is 0.801. The van der Waals surface area contributed by atoms with Crippen molar-refractivity contribution in [2.75, 3.05) is 26.2 Å². The van der Waals surface area contributed by atoms with Crippen molar-refractivity contribution < 1.29 is 14.3 Å². The summed E-state index contributed by atoms with van der Waals surface area (Å²) in [5.74, 6) is 0.231. The Morgan fingerprint density at radius 3 is 2.44 bits per heavy atom. The lowest BCUT2D eigenvalue weighted by Gasteiger charge is -2.42. The number of hydrogen-bond donors (Lipinski definition) is 1. The maximum absolute atomic E-state index is 12.2. The number of nitrogens with one attached hydrogen (secondary N) is 1. The summed E-state index contributed by atoms with van der Waals surface area (Å²) in [5, 5.41) is 3.04. The molecule has 3 unspecified atom stereocenters. The molecule has 4 heterocycles. The molecular weight excluding hydrogens is 342 g/mol. The van der Waals surface area contributed by atoms with E-state index < -0.39 is 0 Å². The number of carbonyl (C=O) groups is 2. The summed E-state index contributed by atoms with van der Waals surface area (Å²) in [6.07, 6.45) is 8.48. The van der Waals surface area contributed by atoms with Gasteiger partial charge in [0, 0.05) is 31.1 Å². The Morgan fingerprint density at radius 1 is 1.15 bits per heavy atom. The average Bonchev–Trinajstić information content (AvgIpc) is 3.07. The molecule has 0 radical (unpaired) electrons. The number of carbonyl (C=O) groups excluding carboxylic acids is 2. The van der Waals surface area contributed by atoms with Crippen LogP contribution >= 0.6 is 0 Å². The fraction of sp³-hybridized carbons (Fsp3) is 0.905. The van der Waals surface area contributed by atoms with E-state index in [0.717, 1.165) is 58.2 Å². The summed E-state index contributed by atoms with van der Waals surface area (Å²) >= 11 is 0. The van der Waals surface area contributed by atoms with Gasteiger partial charge in [-0.1, -0.05) is 13.8 Å². The highest BCUT2D eigenvalue weighted by atomic mass is 16.6. The first-order valence-corrected chi connectivity index (χ1v) is 11.1. The highest BCUT2D eigenvalue weighted by Gasteiger charge is 2.46. The molecule has 2 amide bonds. The van der Waals surface area contributed by atoms with E-state index in [1.807, 2.05) is 25.7 Å². The second-order valence-electron chi connectivity index (χ2n) is 8.46. The van der Waals surface area contributed by atoms with Crippen LogP contribution in [0.1, 0.15) is 72.1 Å². The van der Waals surface area contributed by atoms with E-state index in [-0.39, 0.29) is 17.4 Å². The van der Waals surface area contributed by atoms with Crippen molar-refractivity contribution in [3.8, 4) is 0 Å². The minimum absolute atomic E-state index is 0.112. The maximum Gasteiger partial charge on any atom is 0.410 e. The number of nitrogens with zero attached hydrogens (tertiary/aromatic N) is 2. The van der Waals surface area contributed by atoms with Crippen LogP contribution in [-0.2, 0) is 9.53 Å². The third-order valence-electron chi connectivity index (χ3n) is 6.98. The third kappa shape index (κ3) is 4.25. The number of hydrogen-bond acceptors (Lipinski definition) is 4. The molecular formula is C21H37N3O3. The van der Waals surface area contributed by atoms with Gasteiger partial charge >= 0.3 is 6.09 Å². The van der Waals surface area contributed by atoms with Crippen molar-refractivity contribution in [3.63, 3.8) is 0 Å². The fourth-order valence-electron chi connectivity index (χ4n) is 5.69. The smallest absolute Gasteiger partial charge is 0.410 e. The predicted molar refractivity (Wildman–Crippen MR) is 106 cm³/mol. The molecule has 6 nitrogen and oxygen atoms in total. The molecule has 3 atom stereocenters. The Morgan fingerprint density at radius 2 is 1.85 bits per heavy atom. The van der Waals surface area contributed by atoms with Crippen LogP contribution in [0.25, 0.3) is 0 Å². The summed E-state index contributed by atoms with van der Waals surface area (Å²) in [7, 11) is 0. The zero-order chi connectivity index (χ0) is 19.4. The van der Waals surface area contributed by atoms with Crippen LogP contribution in [0.5, 0.6) is 0 Å². The van der Waals surface area contributed by atoms with Crippen LogP contribution in [0.4, 0.5) is 4.79 Å². The molecule has 4 fully saturated rings. The van der Waals surface area contributed by atoms with Crippen LogP contribution < -0.4 is 5.32 Å². The van der Waals surface area contributed by atoms with E-state index in [1.54, 1.807) is 0 Å². The number of rotatable bonds is 2. The Bertz CT molecular complexity index is 527. The minimum atomic E-state index is -0.112. The Labute approximate surface area is 164 Å². The highest BCUT2D eigenvalue weighted by molar-refractivity contribution is 5.79. The molecule has 4 aliphatic rings. The largest absolute Gasteiger partial charge is 0.450 e. The molecule has 27 heavy (non-hydrogen) atoms. The predicted octanol–water partition coefficient (Wildman–Crippen LogP) is 3.16. The third-order valence-corrected chi connectivity index (χ3v) is 6.98. The van der Waals surface area contributed by atoms with Gasteiger partial charge in [-0.3, -0.25) is 4.79 Å². The second-order valence-corrected chi connectivity index (χ2v) is 8.46. The van der Waals surface area contributed by atoms with Gasteiger partial charge in [-0.15, -0.1) is 0 Å². The summed E-state index contributed by atoms with van der Waals surface area (Å²) in [4.78, 5) is 28.6. The monoisotopic (exact) mass is 379 g/mol. The molecule has 154 valence electrons. The van der Waals surface area contributed by atoms with Gasteiger partial charge in [-0.05, 0) is 70.4 Å². The molecule has 0 aliphatic carbocycles. The molecule has 4 rings (SSSR count). The average molecular weight is 380 g/mol. The lowest BCUT2D eigenvalue weighted by molar-refractivity contribution is -0.119. The van der Waals surface area contributed by atoms with Crippen LogP contribution in [0, 0.1) is 5.41 Å². The molecule has 2 bridgehead atoms. The van der Waals surface area contributed by atoms with Crippen molar-refractivity contribution in [3.05, 3.63) is 0 Å². The molecule has 0 aromatic heterocycles. The normalized spacial score (nSPS) is 36.0. The SMILES string of the molecule is CC.CCOC(=O)N1C2CCC1CC(N1CCCC3(CC1)CNC(=O)C3)C2. The Balaban J connectivity index is 0.00000102. The van der Waals surface area contributed by atoms with Gasteiger partial charge in [-0.25, -0.2) is 4.79 Å². The van der Waals surface area contributed by atoms with E-state index in [1.165, 1.54) is 6.42 Å². The zero-order valence-electron chi connectivity index (χ0n) is 17.3. The number of piperidine rings is 1. The van der Waals surface area contributed by atoms with Crippen molar-refractivity contribution in [2.24, 2.45) is 5.41 Å². The van der Waals surface area contributed by atoms with Crippen LogP contribution in [0.2, 0.25) is 0 Å². The maximum atomic E-state index is 12.2. The lowest BCUT2D eigenvalue weighted by Crippen LogP contribution is -2.52. The van der Waals surface area contributed by atoms with E-state index in [0.29, 0.717) is 31.2 Å². The summed E-state index contributed by atoms with van der Waals surface area (Å²) < 4.78 is 5.27. The van der Waals surface area contributed by atoms with Gasteiger partial charge < -0.3 is 19.9 Å². The van der Waals surface area contributed by atoms with Crippen molar-refractivity contribution in [1.82, 2.24) is 15.1 Å². The van der Waals surface area contributed by atoms with E-state index in [2.05, 4.69) is 10.2 Å². The van der Waals surface area contributed by atoms with Gasteiger partial charge in [0.15, 0.2) is 0 Å². The van der Waals surface area contributed by atoms with E-state index in [4.69, 9.17) is 4.74 Å². The van der Waals surface area contributed by atoms with Gasteiger partial charge in [0.2, 0.25) is 5.91 Å². The summed E-state index contributed by atoms with van der Waals surface area (Å²) in [6.45, 7) is 9.44. The number of amides is 2. The lowest BCUT2D eigenvalue weighted by atomic mass is 9.80. The second kappa shape index (κ2) is 8.80. The number of fused-ring (bicyclic) bond motifs is 2. The first-order valence-electron chi connectivity index (χ1n) is 11.1. The van der Waals surface area contributed by atoms with Gasteiger partial charge in [-0.2, -0.15) is 0 Å². The van der Waals surface area contributed by atoms with Gasteiger partial charge in [0.05, 0.1) is 6.61 Å². The molecule has 1 N–H and O–H groups in total. The molecule has 0 saturated carbocycles. The molecule has 4 aliphatic heterocycles. The topological polar surface area (TPSA) is 61.9 Å². The van der Waals surface area contributed by atoms with Crippen molar-refractivity contribution in [2.45, 2.75) is 90.3 Å². The van der Waals surface area contributed by atoms with E-state index in [9.17, 15) is 9.59 Å². The van der Waals surface area contributed by atoms with Crippen LogP contribution in [0.15, 0.2) is 0 Å². The molecule has 0 aromatic carbocycles. The van der Waals surface area contributed by atoms with Gasteiger partial charge in [0.25, 0.3) is 0 Å². The molecule has 0 aromatic rings. The zero-order valence-corrected chi connectivity index (χ0v) is 17.3. The van der Waals surface area contributed by atoms with Crippen molar-refractivity contribution in [1.29, 1.82) is 0 Å². The Hall–Kier alpha value is -1.30. The molecule has 6 heteroatoms. The number of likely N-dealkylation sites (tertiary alicyclic amines) is 1. The van der Waals surface area contributed by atoms with Crippen LogP contribution in [-0.4, -0.2) is 66.2 Å². The first kappa shape index (κ1) is 20.4. The van der Waals surface area contributed by atoms with Crippen molar-refractivity contribution >= 4 is 12.0 Å². The minimum Gasteiger partial charge on any atom is -0.450 e. The van der Waals surface area contributed by atoms with Crippen LogP contribution in [0.3, 0.4) is 0 Å². The first-order chi connectivity index (χ1) is 13.1. The van der Waals surface area contributed by atoms with Gasteiger partial charge in [0.1, 0.15) is 0 Å². The summed E-state index contributed by atoms with van der Waals surface area (Å²) in [6, 6.07) is 1.30. The Kier molecular flexibility index (Phi) is 6.66. The fourth-order valence-corrected chi connectivity index (χ4v) is 5.69. The van der Waals surface area contributed by atoms with E-state index >= 15 is 0 Å². The standard InChI is InChI=1S/C19H31N3O3.C2H6/c1-2-25-18(24)22-14-4-5-15(22)11-16(10-14)21-8-3-6-19(7-9-21)12-17(23)20-13-19;1-2/h14-16H,2-13H2,1H3,(H,20,23);1-2H3. The molecule has 4 saturated heterocycles. The summed E-state index contributed by atoms with van der Waals surface area (Å²) in [5.41, 5.74) is 0.205. The molecule has 1 spiro atoms.